The van der Waals surface area contributed by atoms with Gasteiger partial charge in [-0.2, -0.15) is 0 Å². The zero-order valence-corrected chi connectivity index (χ0v) is 27.7. The molecule has 9 atom stereocenters. The number of hydrogen-bond donors (Lipinski definition) is 2. The highest BCUT2D eigenvalue weighted by Gasteiger charge is 2.70. The Morgan fingerprint density at radius 3 is 2.49 bits per heavy atom. The number of unbranched alkanes of at least 4 members (excludes halogenated alkanes) is 1. The van der Waals surface area contributed by atoms with Crippen LogP contribution in [-0.4, -0.2) is 65.5 Å². The van der Waals surface area contributed by atoms with Gasteiger partial charge in [0.2, 0.25) is 5.78 Å². The van der Waals surface area contributed by atoms with Crippen molar-refractivity contribution >= 4 is 29.5 Å². The summed E-state index contributed by atoms with van der Waals surface area (Å²) in [5.74, 6) is -2.22. The molecule has 0 spiro atoms. The maximum atomic E-state index is 14.2. The summed E-state index contributed by atoms with van der Waals surface area (Å²) in [6, 6.07) is -1.22. The summed E-state index contributed by atoms with van der Waals surface area (Å²) in [4.78, 5) is 64.5. The normalized spacial score (nSPS) is 35.2. The number of carbonyl (C=O) groups is 5. The molecular formula is C35H53NO9. The minimum atomic E-state index is -1.56. The average molecular weight is 632 g/mol. The molecule has 3 fully saturated rings. The molecule has 4 aliphatic rings. The van der Waals surface area contributed by atoms with Gasteiger partial charge < -0.3 is 25.1 Å². The molecule has 0 radical (unpaired) electrons. The van der Waals surface area contributed by atoms with E-state index in [9.17, 15) is 29.1 Å². The molecule has 0 aromatic carbocycles. The number of ether oxygens (including phenoxy) is 3. The van der Waals surface area contributed by atoms with E-state index in [1.54, 1.807) is 6.08 Å². The molecule has 3 N–H and O–H groups in total. The van der Waals surface area contributed by atoms with Crippen LogP contribution in [0.25, 0.3) is 0 Å². The number of ketones is 2. The maximum absolute atomic E-state index is 14.2. The molecule has 45 heavy (non-hydrogen) atoms. The molecule has 3 saturated carbocycles. The minimum Gasteiger partial charge on any atom is -0.464 e. The first-order chi connectivity index (χ1) is 21.2. The molecule has 9 unspecified atom stereocenters. The minimum absolute atomic E-state index is 0.00534. The smallest absolute Gasteiger partial charge is 0.323 e. The third kappa shape index (κ3) is 6.78. The summed E-state index contributed by atoms with van der Waals surface area (Å²) in [6.45, 7) is 9.55. The highest BCUT2D eigenvalue weighted by atomic mass is 16.6. The Labute approximate surface area is 267 Å². The van der Waals surface area contributed by atoms with Crippen LogP contribution in [0, 0.1) is 34.5 Å². The van der Waals surface area contributed by atoms with Gasteiger partial charge in [-0.05, 0) is 80.1 Å². The van der Waals surface area contributed by atoms with Gasteiger partial charge in [0.1, 0.15) is 6.04 Å². The maximum Gasteiger partial charge on any atom is 0.323 e. The van der Waals surface area contributed by atoms with Crippen molar-refractivity contribution in [3.8, 4) is 0 Å². The summed E-state index contributed by atoms with van der Waals surface area (Å²) in [5.41, 5.74) is 4.26. The van der Waals surface area contributed by atoms with Crippen LogP contribution in [0.15, 0.2) is 11.6 Å². The van der Waals surface area contributed by atoms with Crippen molar-refractivity contribution in [1.29, 1.82) is 0 Å². The number of hydrogen-bond acceptors (Lipinski definition) is 10. The van der Waals surface area contributed by atoms with Gasteiger partial charge in [-0.3, -0.25) is 24.0 Å². The van der Waals surface area contributed by atoms with Crippen molar-refractivity contribution < 1.29 is 43.3 Å². The molecule has 0 amide bonds. The number of aliphatic hydroxyl groups is 1. The lowest BCUT2D eigenvalue weighted by Crippen LogP contribution is -2.63. The Bertz CT molecular complexity index is 1200. The number of esters is 3. The highest BCUT2D eigenvalue weighted by molar-refractivity contribution is 5.94. The van der Waals surface area contributed by atoms with Crippen molar-refractivity contribution in [1.82, 2.24) is 0 Å². The van der Waals surface area contributed by atoms with E-state index in [1.807, 2.05) is 27.7 Å². The van der Waals surface area contributed by atoms with Gasteiger partial charge in [-0.15, -0.1) is 0 Å². The lowest BCUT2D eigenvalue weighted by Gasteiger charge is -2.60. The van der Waals surface area contributed by atoms with Crippen LogP contribution in [0.5, 0.6) is 0 Å². The predicted octanol–water partition coefficient (Wildman–Crippen LogP) is 4.38. The first kappa shape index (κ1) is 35.3. The second kappa shape index (κ2) is 14.0. The fraction of sp³-hybridized carbons (Fsp3) is 0.800. The molecule has 10 heteroatoms. The monoisotopic (exact) mass is 631 g/mol. The van der Waals surface area contributed by atoms with Crippen LogP contribution in [-0.2, 0) is 38.2 Å². The average Bonchev–Trinajstić information content (AvgIpc) is 3.29. The second-order valence-electron chi connectivity index (χ2n) is 14.6. The van der Waals surface area contributed by atoms with E-state index >= 15 is 0 Å². The van der Waals surface area contributed by atoms with Crippen LogP contribution in [0.2, 0.25) is 0 Å². The first-order valence-electron chi connectivity index (χ1n) is 17.0. The van der Waals surface area contributed by atoms with Crippen LogP contribution < -0.4 is 5.73 Å². The Kier molecular flexibility index (Phi) is 11.0. The molecule has 0 aromatic rings. The second-order valence-corrected chi connectivity index (χ2v) is 14.6. The summed E-state index contributed by atoms with van der Waals surface area (Å²) in [6.07, 6.45) is 6.81. The van der Waals surface area contributed by atoms with Gasteiger partial charge in [0.25, 0.3) is 0 Å². The van der Waals surface area contributed by atoms with Gasteiger partial charge >= 0.3 is 17.9 Å². The molecule has 4 rings (SSSR count). The fourth-order valence-electron chi connectivity index (χ4n) is 8.96. The number of carbonyl (C=O) groups excluding carboxylic acids is 5. The van der Waals surface area contributed by atoms with Gasteiger partial charge in [-0.25, -0.2) is 0 Å². The lowest BCUT2D eigenvalue weighted by atomic mass is 9.45. The van der Waals surface area contributed by atoms with Gasteiger partial charge in [0, 0.05) is 18.3 Å². The van der Waals surface area contributed by atoms with Crippen LogP contribution in [0.4, 0.5) is 0 Å². The Morgan fingerprint density at radius 1 is 1.07 bits per heavy atom. The Hall–Kier alpha value is -2.59. The van der Waals surface area contributed by atoms with Gasteiger partial charge in [0.05, 0.1) is 19.1 Å². The third-order valence-electron chi connectivity index (χ3n) is 11.7. The van der Waals surface area contributed by atoms with Crippen molar-refractivity contribution in [2.45, 2.75) is 129 Å². The molecule has 10 nitrogen and oxygen atoms in total. The number of Topliss-reactive ketones (excluding diaryl/α,β-unsaturated/α-hetero) is 1. The summed E-state index contributed by atoms with van der Waals surface area (Å²) in [7, 11) is 0. The van der Waals surface area contributed by atoms with Crippen molar-refractivity contribution in [3.63, 3.8) is 0 Å². The summed E-state index contributed by atoms with van der Waals surface area (Å²) < 4.78 is 16.7. The first-order valence-corrected chi connectivity index (χ1v) is 17.0. The zero-order chi connectivity index (χ0) is 33.2. The van der Waals surface area contributed by atoms with Crippen molar-refractivity contribution in [3.05, 3.63) is 11.6 Å². The molecule has 0 saturated heterocycles. The Morgan fingerprint density at radius 2 is 1.80 bits per heavy atom. The molecule has 4 aliphatic carbocycles. The van der Waals surface area contributed by atoms with Crippen LogP contribution in [0.3, 0.4) is 0 Å². The largest absolute Gasteiger partial charge is 0.464 e. The topological polar surface area (TPSA) is 159 Å². The molecule has 0 heterocycles. The van der Waals surface area contributed by atoms with Crippen molar-refractivity contribution in [2.24, 2.45) is 40.2 Å². The standard InChI is InChI=1S/C35H53NO9/c1-6-8-9-29(40)45-35(28(39)20-43-30(41)17-26(36)32(42)44-19-21(3)7-2)15-13-25-24-11-10-22-16-23(37)12-14-33(22,4)31(24)27(38)18-34(25,35)5/h16,21,24-27,31,38H,6-15,17-20,36H2,1-5H3. The fourth-order valence-corrected chi connectivity index (χ4v) is 8.96. The van der Waals surface area contributed by atoms with E-state index in [4.69, 9.17) is 19.9 Å². The third-order valence-corrected chi connectivity index (χ3v) is 11.7. The number of fused-ring (bicyclic) bond motifs is 5. The molecular weight excluding hydrogens is 578 g/mol. The number of allylic oxidation sites excluding steroid dienone is 1. The van der Waals surface area contributed by atoms with Crippen LogP contribution >= 0.6 is 0 Å². The predicted molar refractivity (Wildman–Crippen MR) is 165 cm³/mol. The molecule has 252 valence electrons. The van der Waals surface area contributed by atoms with Gasteiger partial charge in [-0.1, -0.05) is 53.0 Å². The summed E-state index contributed by atoms with van der Waals surface area (Å²) >= 11 is 0. The molecule has 0 bridgehead atoms. The molecule has 0 aliphatic heterocycles. The van der Waals surface area contributed by atoms with Crippen LogP contribution in [0.1, 0.15) is 112 Å². The number of aliphatic hydroxyl groups excluding tert-OH is 1. The quantitative estimate of drug-likeness (QED) is 0.221. The van der Waals surface area contributed by atoms with E-state index in [2.05, 4.69) is 6.92 Å². The lowest BCUT2D eigenvalue weighted by molar-refractivity contribution is -0.203. The SMILES string of the molecule is CCCCC(=O)OC1(C(=O)COC(=O)CC(N)C(=O)OCC(C)CC)CCC2C3CCC4=CC(=O)CCC4(C)C3C(O)CC21C. The Balaban J connectivity index is 1.53. The van der Waals surface area contributed by atoms with E-state index in [0.29, 0.717) is 25.7 Å². The number of rotatable bonds is 13. The van der Waals surface area contributed by atoms with E-state index in [0.717, 1.165) is 31.3 Å². The number of nitrogens with two attached hydrogens (primary N) is 1. The van der Waals surface area contributed by atoms with E-state index < -0.39 is 59.9 Å². The molecule has 0 aromatic heterocycles. The van der Waals surface area contributed by atoms with E-state index in [-0.39, 0.29) is 60.7 Å². The zero-order valence-electron chi connectivity index (χ0n) is 27.7. The summed E-state index contributed by atoms with van der Waals surface area (Å²) in [5, 5.41) is 11.8. The van der Waals surface area contributed by atoms with Crippen molar-refractivity contribution in [2.75, 3.05) is 13.2 Å². The van der Waals surface area contributed by atoms with Gasteiger partial charge in [0.15, 0.2) is 18.0 Å². The highest BCUT2D eigenvalue weighted by Crippen LogP contribution is 2.68. The van der Waals surface area contributed by atoms with E-state index in [1.165, 1.54) is 0 Å².